The zero-order valence-corrected chi connectivity index (χ0v) is 11.6. The molecule has 0 aliphatic carbocycles. The number of carbonyl (C=O) groups excluding carboxylic acids is 1. The molecule has 5 heteroatoms. The Morgan fingerprint density at radius 3 is 2.89 bits per heavy atom. The molecule has 104 valence electrons. The summed E-state index contributed by atoms with van der Waals surface area (Å²) in [6.45, 7) is 7.92. The van der Waals surface area contributed by atoms with Gasteiger partial charge in [0.25, 0.3) is 0 Å². The lowest BCUT2D eigenvalue weighted by Crippen LogP contribution is -2.35. The first-order chi connectivity index (χ1) is 9.08. The predicted molar refractivity (Wildman–Crippen MR) is 72.8 cm³/mol. The van der Waals surface area contributed by atoms with Gasteiger partial charge in [0.15, 0.2) is 0 Å². The molecule has 0 amide bonds. The first-order valence-electron chi connectivity index (χ1n) is 6.12. The standard InChI is InChI=1S/C14H20N2O3/c1-5-12(14(17)18-4)16-9-11-7-6-8-15-13(11)19-10(2)3/h5-8,10,12,16H,1,9H2,2-4H3. The summed E-state index contributed by atoms with van der Waals surface area (Å²) >= 11 is 0. The van der Waals surface area contributed by atoms with E-state index in [0.717, 1.165) is 5.56 Å². The molecule has 0 radical (unpaired) electrons. The molecule has 0 aromatic carbocycles. The predicted octanol–water partition coefficient (Wildman–Crippen LogP) is 1.69. The number of ether oxygens (including phenoxy) is 2. The molecule has 5 nitrogen and oxygen atoms in total. The number of hydrogen-bond acceptors (Lipinski definition) is 5. The second-order valence-electron chi connectivity index (χ2n) is 4.25. The van der Waals surface area contributed by atoms with Crippen molar-refractivity contribution in [2.24, 2.45) is 0 Å². The number of rotatable bonds is 7. The van der Waals surface area contributed by atoms with Gasteiger partial charge in [0.05, 0.1) is 13.2 Å². The fourth-order valence-corrected chi connectivity index (χ4v) is 1.50. The second kappa shape index (κ2) is 7.53. The summed E-state index contributed by atoms with van der Waals surface area (Å²) < 4.78 is 10.3. The van der Waals surface area contributed by atoms with E-state index in [9.17, 15) is 4.79 Å². The smallest absolute Gasteiger partial charge is 0.326 e. The normalized spacial score (nSPS) is 12.0. The highest BCUT2D eigenvalue weighted by Crippen LogP contribution is 2.15. The molecule has 1 aromatic rings. The van der Waals surface area contributed by atoms with E-state index in [1.54, 1.807) is 6.20 Å². The Morgan fingerprint density at radius 1 is 1.58 bits per heavy atom. The maximum absolute atomic E-state index is 11.4. The number of esters is 1. The molecule has 1 heterocycles. The Morgan fingerprint density at radius 2 is 2.32 bits per heavy atom. The van der Waals surface area contributed by atoms with E-state index in [4.69, 9.17) is 4.74 Å². The average Bonchev–Trinajstić information content (AvgIpc) is 2.40. The number of carbonyl (C=O) groups is 1. The Labute approximate surface area is 113 Å². The van der Waals surface area contributed by atoms with Crippen molar-refractivity contribution in [1.29, 1.82) is 0 Å². The summed E-state index contributed by atoms with van der Waals surface area (Å²) in [5, 5.41) is 3.04. The summed E-state index contributed by atoms with van der Waals surface area (Å²) in [7, 11) is 1.35. The van der Waals surface area contributed by atoms with Crippen molar-refractivity contribution in [2.45, 2.75) is 32.5 Å². The second-order valence-corrected chi connectivity index (χ2v) is 4.25. The van der Waals surface area contributed by atoms with E-state index >= 15 is 0 Å². The SMILES string of the molecule is C=CC(NCc1cccnc1OC(C)C)C(=O)OC. The molecule has 1 aromatic heterocycles. The minimum atomic E-state index is -0.544. The molecule has 0 aliphatic heterocycles. The van der Waals surface area contributed by atoms with Gasteiger partial charge in [0.1, 0.15) is 6.04 Å². The molecular weight excluding hydrogens is 244 g/mol. The van der Waals surface area contributed by atoms with E-state index in [1.165, 1.54) is 13.2 Å². The van der Waals surface area contributed by atoms with E-state index in [-0.39, 0.29) is 12.1 Å². The molecule has 0 saturated carbocycles. The minimum absolute atomic E-state index is 0.0458. The molecule has 0 aliphatic rings. The van der Waals surface area contributed by atoms with Crippen LogP contribution in [0.3, 0.4) is 0 Å². The Bertz CT molecular complexity index is 432. The summed E-state index contributed by atoms with van der Waals surface area (Å²) in [5.74, 6) is 0.197. The number of hydrogen-bond donors (Lipinski definition) is 1. The van der Waals surface area contributed by atoms with Gasteiger partial charge in [-0.1, -0.05) is 12.1 Å². The zero-order chi connectivity index (χ0) is 14.3. The van der Waals surface area contributed by atoms with Crippen LogP contribution in [0.5, 0.6) is 5.88 Å². The van der Waals surface area contributed by atoms with Crippen LogP contribution in [-0.4, -0.2) is 30.2 Å². The third kappa shape index (κ3) is 4.71. The van der Waals surface area contributed by atoms with Crippen LogP contribution >= 0.6 is 0 Å². The topological polar surface area (TPSA) is 60.5 Å². The van der Waals surface area contributed by atoms with Crippen LogP contribution in [0.1, 0.15) is 19.4 Å². The van der Waals surface area contributed by atoms with Crippen molar-refractivity contribution < 1.29 is 14.3 Å². The van der Waals surface area contributed by atoms with E-state index < -0.39 is 6.04 Å². The number of pyridine rings is 1. The third-order valence-corrected chi connectivity index (χ3v) is 2.40. The van der Waals surface area contributed by atoms with E-state index in [0.29, 0.717) is 12.4 Å². The van der Waals surface area contributed by atoms with Crippen LogP contribution in [0.2, 0.25) is 0 Å². The van der Waals surface area contributed by atoms with Gasteiger partial charge >= 0.3 is 5.97 Å². The Hall–Kier alpha value is -1.88. The molecule has 19 heavy (non-hydrogen) atoms. The highest BCUT2D eigenvalue weighted by Gasteiger charge is 2.15. The first kappa shape index (κ1) is 15.2. The van der Waals surface area contributed by atoms with E-state index in [1.807, 2.05) is 26.0 Å². The molecule has 1 atom stereocenters. The van der Waals surface area contributed by atoms with Crippen molar-refractivity contribution in [2.75, 3.05) is 7.11 Å². The molecule has 1 unspecified atom stereocenters. The van der Waals surface area contributed by atoms with Crippen LogP contribution in [-0.2, 0) is 16.1 Å². The van der Waals surface area contributed by atoms with Crippen molar-refractivity contribution in [3.05, 3.63) is 36.5 Å². The van der Waals surface area contributed by atoms with Gasteiger partial charge in [-0.2, -0.15) is 0 Å². The average molecular weight is 264 g/mol. The van der Waals surface area contributed by atoms with Gasteiger partial charge < -0.3 is 9.47 Å². The number of nitrogens with zero attached hydrogens (tertiary/aromatic N) is 1. The lowest BCUT2D eigenvalue weighted by Gasteiger charge is -2.15. The van der Waals surface area contributed by atoms with Gasteiger partial charge in [-0.25, -0.2) is 4.98 Å². The van der Waals surface area contributed by atoms with Crippen molar-refractivity contribution in [3.63, 3.8) is 0 Å². The molecule has 0 spiro atoms. The van der Waals surface area contributed by atoms with Crippen molar-refractivity contribution in [1.82, 2.24) is 10.3 Å². The Balaban J connectivity index is 2.71. The lowest BCUT2D eigenvalue weighted by molar-refractivity contribution is -0.141. The molecule has 0 bridgehead atoms. The maximum Gasteiger partial charge on any atom is 0.326 e. The summed E-state index contributed by atoms with van der Waals surface area (Å²) in [6, 6.07) is 3.18. The lowest BCUT2D eigenvalue weighted by atomic mass is 10.2. The van der Waals surface area contributed by atoms with Crippen molar-refractivity contribution >= 4 is 5.97 Å². The van der Waals surface area contributed by atoms with Crippen LogP contribution in [0.15, 0.2) is 31.0 Å². The zero-order valence-electron chi connectivity index (χ0n) is 11.6. The molecule has 1 N–H and O–H groups in total. The quantitative estimate of drug-likeness (QED) is 0.600. The largest absolute Gasteiger partial charge is 0.475 e. The highest BCUT2D eigenvalue weighted by molar-refractivity contribution is 5.77. The van der Waals surface area contributed by atoms with Crippen LogP contribution in [0.4, 0.5) is 0 Å². The summed E-state index contributed by atoms with van der Waals surface area (Å²) in [6.07, 6.45) is 3.22. The monoisotopic (exact) mass is 264 g/mol. The highest BCUT2D eigenvalue weighted by atomic mass is 16.5. The fraction of sp³-hybridized carbons (Fsp3) is 0.429. The fourth-order valence-electron chi connectivity index (χ4n) is 1.50. The summed E-state index contributed by atoms with van der Waals surface area (Å²) in [5.41, 5.74) is 0.881. The van der Waals surface area contributed by atoms with Gasteiger partial charge in [0.2, 0.25) is 5.88 Å². The third-order valence-electron chi connectivity index (χ3n) is 2.40. The summed E-state index contributed by atoms with van der Waals surface area (Å²) in [4.78, 5) is 15.6. The van der Waals surface area contributed by atoms with Gasteiger partial charge in [0, 0.05) is 18.3 Å². The van der Waals surface area contributed by atoms with Gasteiger partial charge in [-0.3, -0.25) is 10.1 Å². The molecule has 1 rings (SSSR count). The molecular formula is C14H20N2O3. The van der Waals surface area contributed by atoms with Crippen LogP contribution < -0.4 is 10.1 Å². The maximum atomic E-state index is 11.4. The molecule has 0 saturated heterocycles. The van der Waals surface area contributed by atoms with Crippen LogP contribution in [0, 0.1) is 0 Å². The van der Waals surface area contributed by atoms with Gasteiger partial charge in [-0.15, -0.1) is 6.58 Å². The van der Waals surface area contributed by atoms with Crippen molar-refractivity contribution in [3.8, 4) is 5.88 Å². The van der Waals surface area contributed by atoms with Gasteiger partial charge in [-0.05, 0) is 19.9 Å². The Kier molecular flexibility index (Phi) is 6.02. The molecule has 0 fully saturated rings. The van der Waals surface area contributed by atoms with Crippen LogP contribution in [0.25, 0.3) is 0 Å². The minimum Gasteiger partial charge on any atom is -0.475 e. The number of aromatic nitrogens is 1. The number of methoxy groups -OCH3 is 1. The first-order valence-corrected chi connectivity index (χ1v) is 6.12. The number of nitrogens with one attached hydrogen (secondary N) is 1. The van der Waals surface area contributed by atoms with E-state index in [2.05, 4.69) is 21.6 Å².